The molecule has 2 aromatic carbocycles. The number of thioether (sulfide) groups is 1. The lowest BCUT2D eigenvalue weighted by atomic mass is 10.1. The molecule has 146 valence electrons. The lowest BCUT2D eigenvalue weighted by Crippen LogP contribution is -2.27. The Bertz CT molecular complexity index is 1160. The Kier molecular flexibility index (Phi) is 5.19. The minimum atomic E-state index is -0.0623. The van der Waals surface area contributed by atoms with E-state index in [2.05, 4.69) is 43.5 Å². The molecule has 3 aromatic rings. The molecule has 0 saturated carbocycles. The summed E-state index contributed by atoms with van der Waals surface area (Å²) in [5.41, 5.74) is 7.55. The minimum Gasteiger partial charge on any atom is -0.318 e. The number of para-hydroxylation sites is 1. The number of carbonyl (C=O) groups excluding carboxylic acids is 1. The van der Waals surface area contributed by atoms with Gasteiger partial charge in [0.15, 0.2) is 4.32 Å². The molecule has 0 bridgehead atoms. The van der Waals surface area contributed by atoms with Gasteiger partial charge in [0.1, 0.15) is 0 Å². The fourth-order valence-electron chi connectivity index (χ4n) is 3.60. The third kappa shape index (κ3) is 3.56. The second-order valence-electron chi connectivity index (χ2n) is 7.28. The molecule has 0 aliphatic carbocycles. The minimum absolute atomic E-state index is 0.0623. The summed E-state index contributed by atoms with van der Waals surface area (Å²) < 4.78 is 2.77. The third-order valence-corrected chi connectivity index (χ3v) is 6.62. The number of hydrogen-bond donors (Lipinski definition) is 0. The van der Waals surface area contributed by atoms with Crippen LogP contribution in [0.2, 0.25) is 0 Å². The van der Waals surface area contributed by atoms with E-state index in [1.54, 1.807) is 4.90 Å². The molecule has 0 radical (unpaired) electrons. The lowest BCUT2D eigenvalue weighted by molar-refractivity contribution is -0.113. The van der Waals surface area contributed by atoms with Crippen LogP contribution in [0.1, 0.15) is 28.1 Å². The van der Waals surface area contributed by atoms with Crippen molar-refractivity contribution in [3.8, 4) is 5.69 Å². The van der Waals surface area contributed by atoms with Crippen molar-refractivity contribution in [2.75, 3.05) is 4.90 Å². The predicted molar refractivity (Wildman–Crippen MR) is 127 cm³/mol. The molecule has 0 unspecified atom stereocenters. The molecule has 5 heteroatoms. The first-order chi connectivity index (χ1) is 13.9. The smallest absolute Gasteiger partial charge is 0.270 e. The average molecular weight is 419 g/mol. The van der Waals surface area contributed by atoms with Gasteiger partial charge in [0.25, 0.3) is 5.91 Å². The van der Waals surface area contributed by atoms with Crippen molar-refractivity contribution >= 4 is 46.0 Å². The molecule has 0 spiro atoms. The number of aryl methyl sites for hydroxylation is 3. The van der Waals surface area contributed by atoms with E-state index in [9.17, 15) is 4.79 Å². The fourth-order valence-corrected chi connectivity index (χ4v) is 4.89. The summed E-state index contributed by atoms with van der Waals surface area (Å²) in [5, 5.41) is 0. The highest BCUT2D eigenvalue weighted by Gasteiger charge is 2.33. The van der Waals surface area contributed by atoms with E-state index in [0.29, 0.717) is 9.23 Å². The standard InChI is InChI=1S/C24H22N2OS2/c1-15-10-11-21(12-16(15)2)26-23(27)22(29-24(26)28)14-19-13-17(3)25(18(19)4)20-8-6-5-7-9-20/h5-14H,1-4H3/b22-14+. The Labute approximate surface area is 181 Å². The van der Waals surface area contributed by atoms with E-state index in [-0.39, 0.29) is 5.91 Å². The zero-order valence-electron chi connectivity index (χ0n) is 16.9. The normalized spacial score (nSPS) is 15.6. The molecular weight excluding hydrogens is 396 g/mol. The molecule has 2 heterocycles. The monoisotopic (exact) mass is 418 g/mol. The summed E-state index contributed by atoms with van der Waals surface area (Å²) in [7, 11) is 0. The highest BCUT2D eigenvalue weighted by molar-refractivity contribution is 8.27. The molecule has 1 aliphatic rings. The van der Waals surface area contributed by atoms with Gasteiger partial charge >= 0.3 is 0 Å². The molecule has 1 aromatic heterocycles. The number of thiocarbonyl (C=S) groups is 1. The highest BCUT2D eigenvalue weighted by atomic mass is 32.2. The number of nitrogens with zero attached hydrogens (tertiary/aromatic N) is 2. The first kappa shape index (κ1) is 19.7. The van der Waals surface area contributed by atoms with Gasteiger partial charge in [-0.2, -0.15) is 0 Å². The Morgan fingerprint density at radius 2 is 1.62 bits per heavy atom. The summed E-state index contributed by atoms with van der Waals surface area (Å²) in [5.74, 6) is -0.0623. The van der Waals surface area contributed by atoms with Gasteiger partial charge < -0.3 is 4.57 Å². The van der Waals surface area contributed by atoms with Crippen molar-refractivity contribution in [2.24, 2.45) is 0 Å². The maximum Gasteiger partial charge on any atom is 0.270 e. The molecule has 0 N–H and O–H groups in total. The van der Waals surface area contributed by atoms with Gasteiger partial charge in [0.05, 0.1) is 10.6 Å². The maximum absolute atomic E-state index is 13.1. The van der Waals surface area contributed by atoms with Crippen molar-refractivity contribution in [3.63, 3.8) is 0 Å². The quantitative estimate of drug-likeness (QED) is 0.379. The van der Waals surface area contributed by atoms with E-state index in [0.717, 1.165) is 33.9 Å². The maximum atomic E-state index is 13.1. The van der Waals surface area contributed by atoms with Crippen LogP contribution < -0.4 is 4.90 Å². The Hall–Kier alpha value is -2.63. The number of anilines is 1. The van der Waals surface area contributed by atoms with Crippen LogP contribution in [0.5, 0.6) is 0 Å². The molecule has 29 heavy (non-hydrogen) atoms. The average Bonchev–Trinajstić information content (AvgIpc) is 3.13. The molecule has 1 aliphatic heterocycles. The summed E-state index contributed by atoms with van der Waals surface area (Å²) in [6.07, 6.45) is 1.96. The number of hydrogen-bond acceptors (Lipinski definition) is 3. The molecule has 4 rings (SSSR count). The van der Waals surface area contributed by atoms with Gasteiger partial charge in [-0.05, 0) is 80.8 Å². The number of aromatic nitrogens is 1. The van der Waals surface area contributed by atoms with E-state index in [1.807, 2.05) is 49.4 Å². The molecule has 1 fully saturated rings. The molecule has 0 atom stereocenters. The number of rotatable bonds is 3. The van der Waals surface area contributed by atoms with Crippen molar-refractivity contribution in [3.05, 3.63) is 87.6 Å². The van der Waals surface area contributed by atoms with Gasteiger partial charge in [-0.3, -0.25) is 9.69 Å². The van der Waals surface area contributed by atoms with Crippen LogP contribution in [0.4, 0.5) is 5.69 Å². The van der Waals surface area contributed by atoms with Gasteiger partial charge in [0, 0.05) is 17.1 Å². The van der Waals surface area contributed by atoms with E-state index >= 15 is 0 Å². The van der Waals surface area contributed by atoms with Crippen LogP contribution in [0, 0.1) is 27.7 Å². The van der Waals surface area contributed by atoms with Crippen molar-refractivity contribution in [1.82, 2.24) is 4.57 Å². The first-order valence-corrected chi connectivity index (χ1v) is 10.7. The SMILES string of the molecule is Cc1ccc(N2C(=O)/C(=C\c3cc(C)n(-c4ccccc4)c3C)SC2=S)cc1C. The van der Waals surface area contributed by atoms with Gasteiger partial charge in [-0.25, -0.2) is 0 Å². The Morgan fingerprint density at radius 3 is 2.31 bits per heavy atom. The number of amides is 1. The topological polar surface area (TPSA) is 25.2 Å². The molecule has 3 nitrogen and oxygen atoms in total. The molecule has 1 amide bonds. The predicted octanol–water partition coefficient (Wildman–Crippen LogP) is 6.12. The van der Waals surface area contributed by atoms with Gasteiger partial charge in [-0.15, -0.1) is 0 Å². The van der Waals surface area contributed by atoms with Crippen molar-refractivity contribution < 1.29 is 4.79 Å². The van der Waals surface area contributed by atoms with E-state index < -0.39 is 0 Å². The van der Waals surface area contributed by atoms with Gasteiger partial charge in [0.2, 0.25) is 0 Å². The molecular formula is C24H22N2OS2. The lowest BCUT2D eigenvalue weighted by Gasteiger charge is -2.15. The summed E-state index contributed by atoms with van der Waals surface area (Å²) in [6.45, 7) is 8.27. The molecule has 1 saturated heterocycles. The van der Waals surface area contributed by atoms with Crippen LogP contribution in [0.25, 0.3) is 11.8 Å². The number of carbonyl (C=O) groups is 1. The zero-order valence-corrected chi connectivity index (χ0v) is 18.5. The fraction of sp³-hybridized carbons (Fsp3) is 0.167. The highest BCUT2D eigenvalue weighted by Crippen LogP contribution is 2.37. The van der Waals surface area contributed by atoms with Crippen LogP contribution >= 0.6 is 24.0 Å². The zero-order chi connectivity index (χ0) is 20.7. The van der Waals surface area contributed by atoms with Gasteiger partial charge in [-0.1, -0.05) is 48.2 Å². The Balaban J connectivity index is 1.70. The van der Waals surface area contributed by atoms with Crippen LogP contribution in [0.3, 0.4) is 0 Å². The first-order valence-electron chi connectivity index (χ1n) is 9.46. The number of benzene rings is 2. The summed E-state index contributed by atoms with van der Waals surface area (Å²) >= 11 is 6.89. The summed E-state index contributed by atoms with van der Waals surface area (Å²) in [6, 6.07) is 18.4. The van der Waals surface area contributed by atoms with Crippen LogP contribution in [-0.2, 0) is 4.79 Å². The summed E-state index contributed by atoms with van der Waals surface area (Å²) in [4.78, 5) is 15.4. The van der Waals surface area contributed by atoms with Crippen molar-refractivity contribution in [1.29, 1.82) is 0 Å². The Morgan fingerprint density at radius 1 is 0.897 bits per heavy atom. The van der Waals surface area contributed by atoms with Crippen LogP contribution in [0.15, 0.2) is 59.5 Å². The second kappa shape index (κ2) is 7.65. The van der Waals surface area contributed by atoms with E-state index in [1.165, 1.54) is 17.3 Å². The van der Waals surface area contributed by atoms with E-state index in [4.69, 9.17) is 12.2 Å². The third-order valence-electron chi connectivity index (χ3n) is 5.31. The van der Waals surface area contributed by atoms with Crippen LogP contribution in [-0.4, -0.2) is 14.8 Å². The second-order valence-corrected chi connectivity index (χ2v) is 8.96. The van der Waals surface area contributed by atoms with Crippen molar-refractivity contribution in [2.45, 2.75) is 27.7 Å². The largest absolute Gasteiger partial charge is 0.318 e.